The first-order chi connectivity index (χ1) is 6.63. The van der Waals surface area contributed by atoms with Crippen molar-refractivity contribution in [1.29, 1.82) is 0 Å². The second-order valence-electron chi connectivity index (χ2n) is 2.88. The highest BCUT2D eigenvalue weighted by atomic mass is 32.1. The summed E-state index contributed by atoms with van der Waals surface area (Å²) in [6.45, 7) is 3.71. The summed E-state index contributed by atoms with van der Waals surface area (Å²) >= 11 is 1.40. The molecule has 2 heterocycles. The molecule has 0 spiro atoms. The van der Waals surface area contributed by atoms with Crippen molar-refractivity contribution in [3.05, 3.63) is 16.4 Å². The average Bonchev–Trinajstić information content (AvgIpc) is 2.58. The van der Waals surface area contributed by atoms with E-state index in [1.165, 1.54) is 15.9 Å². The summed E-state index contributed by atoms with van der Waals surface area (Å²) < 4.78 is 1.40. The Bertz CT molecular complexity index is 500. The van der Waals surface area contributed by atoms with Crippen LogP contribution in [-0.2, 0) is 6.42 Å². The molecule has 0 bridgehead atoms. The Morgan fingerprint density at radius 3 is 2.93 bits per heavy atom. The van der Waals surface area contributed by atoms with E-state index in [0.29, 0.717) is 17.1 Å². The van der Waals surface area contributed by atoms with E-state index in [-0.39, 0.29) is 5.69 Å². The number of imidazole rings is 1. The lowest BCUT2D eigenvalue weighted by molar-refractivity contribution is 0.0686. The zero-order valence-electron chi connectivity index (χ0n) is 7.81. The SMILES string of the molecule is CCc1nc2sc(C)nn2c1C(=O)O. The highest BCUT2D eigenvalue weighted by Gasteiger charge is 2.19. The van der Waals surface area contributed by atoms with E-state index in [9.17, 15) is 4.79 Å². The quantitative estimate of drug-likeness (QED) is 0.814. The third-order valence-corrected chi connectivity index (χ3v) is 2.74. The minimum absolute atomic E-state index is 0.187. The molecule has 2 aromatic heterocycles. The monoisotopic (exact) mass is 211 g/mol. The van der Waals surface area contributed by atoms with E-state index >= 15 is 0 Å². The van der Waals surface area contributed by atoms with Gasteiger partial charge in [-0.2, -0.15) is 9.61 Å². The smallest absolute Gasteiger partial charge is 0.356 e. The van der Waals surface area contributed by atoms with Gasteiger partial charge in [0, 0.05) is 0 Å². The number of aromatic carboxylic acids is 1. The summed E-state index contributed by atoms with van der Waals surface area (Å²) in [6, 6.07) is 0. The van der Waals surface area contributed by atoms with Crippen molar-refractivity contribution < 1.29 is 9.90 Å². The summed E-state index contributed by atoms with van der Waals surface area (Å²) in [5, 5.41) is 13.9. The van der Waals surface area contributed by atoms with Crippen molar-refractivity contribution in [3.8, 4) is 0 Å². The van der Waals surface area contributed by atoms with Crippen molar-refractivity contribution in [3.63, 3.8) is 0 Å². The van der Waals surface area contributed by atoms with Crippen LogP contribution >= 0.6 is 11.3 Å². The molecule has 0 aliphatic rings. The molecule has 5 nitrogen and oxygen atoms in total. The van der Waals surface area contributed by atoms with Crippen LogP contribution in [0.2, 0.25) is 0 Å². The molecule has 2 rings (SSSR count). The maximum absolute atomic E-state index is 11.0. The Morgan fingerprint density at radius 2 is 2.36 bits per heavy atom. The first-order valence-electron chi connectivity index (χ1n) is 4.21. The van der Waals surface area contributed by atoms with Gasteiger partial charge in [0.05, 0.1) is 5.69 Å². The van der Waals surface area contributed by atoms with Gasteiger partial charge in [0.1, 0.15) is 5.01 Å². The number of hydrogen-bond acceptors (Lipinski definition) is 4. The van der Waals surface area contributed by atoms with Gasteiger partial charge in [-0.1, -0.05) is 18.3 Å². The highest BCUT2D eigenvalue weighted by molar-refractivity contribution is 7.16. The third-order valence-electron chi connectivity index (χ3n) is 1.91. The zero-order valence-corrected chi connectivity index (χ0v) is 8.63. The molecule has 74 valence electrons. The Balaban J connectivity index is 2.77. The van der Waals surface area contributed by atoms with Gasteiger partial charge in [-0.3, -0.25) is 0 Å². The number of carbonyl (C=O) groups is 1. The Labute approximate surface area is 84.0 Å². The fourth-order valence-electron chi connectivity index (χ4n) is 1.35. The second-order valence-corrected chi connectivity index (χ2v) is 4.04. The molecule has 0 aromatic carbocycles. The first-order valence-corrected chi connectivity index (χ1v) is 5.03. The van der Waals surface area contributed by atoms with Gasteiger partial charge in [0.25, 0.3) is 0 Å². The molecule has 0 radical (unpaired) electrons. The van der Waals surface area contributed by atoms with Crippen molar-refractivity contribution in [2.24, 2.45) is 0 Å². The van der Waals surface area contributed by atoms with Gasteiger partial charge in [0.15, 0.2) is 5.69 Å². The lowest BCUT2D eigenvalue weighted by Crippen LogP contribution is -2.05. The van der Waals surface area contributed by atoms with Gasteiger partial charge in [0.2, 0.25) is 4.96 Å². The second kappa shape index (κ2) is 3.06. The summed E-state index contributed by atoms with van der Waals surface area (Å²) in [6.07, 6.45) is 0.608. The molecule has 0 fully saturated rings. The molecule has 0 aliphatic carbocycles. The Hall–Kier alpha value is -1.43. The van der Waals surface area contributed by atoms with E-state index in [1.807, 2.05) is 13.8 Å². The fraction of sp³-hybridized carbons (Fsp3) is 0.375. The van der Waals surface area contributed by atoms with Crippen LogP contribution in [0.3, 0.4) is 0 Å². The summed E-state index contributed by atoms with van der Waals surface area (Å²) in [5.74, 6) is -0.973. The van der Waals surface area contributed by atoms with Gasteiger partial charge in [-0.05, 0) is 13.3 Å². The molecule has 0 unspecified atom stereocenters. The zero-order chi connectivity index (χ0) is 10.3. The molecule has 0 amide bonds. The number of aryl methyl sites for hydroxylation is 2. The standard InChI is InChI=1S/C8H9N3O2S/c1-3-5-6(7(12)13)11-8(9-5)14-4(2)10-11/h3H2,1-2H3,(H,12,13). The van der Waals surface area contributed by atoms with Crippen LogP contribution in [0.15, 0.2) is 0 Å². The van der Waals surface area contributed by atoms with E-state index in [4.69, 9.17) is 5.11 Å². The summed E-state index contributed by atoms with van der Waals surface area (Å²) in [5.41, 5.74) is 0.781. The van der Waals surface area contributed by atoms with Crippen molar-refractivity contribution in [2.45, 2.75) is 20.3 Å². The molecular formula is C8H9N3O2S. The van der Waals surface area contributed by atoms with Crippen LogP contribution in [0.1, 0.15) is 28.1 Å². The number of aromatic nitrogens is 3. The van der Waals surface area contributed by atoms with E-state index in [2.05, 4.69) is 10.1 Å². The fourth-order valence-corrected chi connectivity index (χ4v) is 2.11. The normalized spacial score (nSPS) is 11.0. The molecule has 6 heteroatoms. The van der Waals surface area contributed by atoms with Crippen molar-refractivity contribution in [2.75, 3.05) is 0 Å². The molecule has 0 saturated carbocycles. The molecule has 0 atom stereocenters. The van der Waals surface area contributed by atoms with E-state index < -0.39 is 5.97 Å². The van der Waals surface area contributed by atoms with Gasteiger partial charge in [-0.25, -0.2) is 9.78 Å². The number of rotatable bonds is 2. The lowest BCUT2D eigenvalue weighted by atomic mass is 10.3. The van der Waals surface area contributed by atoms with E-state index in [0.717, 1.165) is 5.01 Å². The number of hydrogen-bond donors (Lipinski definition) is 1. The predicted octanol–water partition coefficient (Wildman–Crippen LogP) is 1.36. The number of fused-ring (bicyclic) bond motifs is 1. The van der Waals surface area contributed by atoms with Crippen LogP contribution in [0.5, 0.6) is 0 Å². The highest BCUT2D eigenvalue weighted by Crippen LogP contribution is 2.18. The maximum Gasteiger partial charge on any atom is 0.356 e. The topological polar surface area (TPSA) is 67.5 Å². The Kier molecular flexibility index (Phi) is 1.99. The van der Waals surface area contributed by atoms with Gasteiger partial charge >= 0.3 is 5.97 Å². The third kappa shape index (κ3) is 1.19. The molecule has 0 saturated heterocycles. The van der Waals surface area contributed by atoms with Crippen LogP contribution in [-0.4, -0.2) is 25.7 Å². The van der Waals surface area contributed by atoms with Crippen LogP contribution in [0, 0.1) is 6.92 Å². The van der Waals surface area contributed by atoms with Gasteiger partial charge in [-0.15, -0.1) is 0 Å². The van der Waals surface area contributed by atoms with Gasteiger partial charge < -0.3 is 5.11 Å². The van der Waals surface area contributed by atoms with Crippen LogP contribution in [0.4, 0.5) is 0 Å². The summed E-state index contributed by atoms with van der Waals surface area (Å²) in [4.78, 5) is 15.8. The number of carboxylic acid groups (broad SMARTS) is 1. The van der Waals surface area contributed by atoms with Crippen LogP contribution in [0.25, 0.3) is 4.96 Å². The lowest BCUT2D eigenvalue weighted by Gasteiger charge is -1.93. The van der Waals surface area contributed by atoms with Crippen molar-refractivity contribution in [1.82, 2.24) is 14.6 Å². The minimum Gasteiger partial charge on any atom is -0.476 e. The Morgan fingerprint density at radius 1 is 1.64 bits per heavy atom. The molecular weight excluding hydrogens is 202 g/mol. The number of carboxylic acids is 1. The minimum atomic E-state index is -0.973. The predicted molar refractivity (Wildman–Crippen MR) is 51.9 cm³/mol. The molecule has 14 heavy (non-hydrogen) atoms. The van der Waals surface area contributed by atoms with E-state index in [1.54, 1.807) is 0 Å². The molecule has 2 aromatic rings. The van der Waals surface area contributed by atoms with Crippen LogP contribution < -0.4 is 0 Å². The largest absolute Gasteiger partial charge is 0.476 e. The maximum atomic E-state index is 11.0. The van der Waals surface area contributed by atoms with Crippen molar-refractivity contribution >= 4 is 22.3 Å². The first kappa shape index (κ1) is 9.14. The summed E-state index contributed by atoms with van der Waals surface area (Å²) in [7, 11) is 0. The molecule has 1 N–H and O–H groups in total. The number of nitrogens with zero attached hydrogens (tertiary/aromatic N) is 3. The average molecular weight is 211 g/mol. The molecule has 0 aliphatic heterocycles.